The first-order valence-electron chi connectivity index (χ1n) is 7.79. The molecule has 3 atom stereocenters. The van der Waals surface area contributed by atoms with E-state index in [0.29, 0.717) is 0 Å². The van der Waals surface area contributed by atoms with Crippen LogP contribution in [0.15, 0.2) is 17.1 Å². The first-order chi connectivity index (χ1) is 10.6. The quantitative estimate of drug-likeness (QED) is 0.770. The summed E-state index contributed by atoms with van der Waals surface area (Å²) in [6.07, 6.45) is 1.88. The molecule has 1 aliphatic rings. The summed E-state index contributed by atoms with van der Waals surface area (Å²) in [4.78, 5) is 18.5. The molecule has 0 amide bonds. The Balaban J connectivity index is 2.06. The SMILES string of the molecule is CCN(CC)c1ccn([C@@H]2C[SH](CC(C)OC)CO2)c(=O)n1. The molecule has 1 aromatic heterocycles. The Labute approximate surface area is 134 Å². The molecule has 2 unspecified atom stereocenters. The molecule has 22 heavy (non-hydrogen) atoms. The first-order valence-corrected chi connectivity index (χ1v) is 9.69. The molecule has 0 saturated carbocycles. The number of rotatable bonds is 7. The van der Waals surface area contributed by atoms with Crippen LogP contribution >= 0.6 is 10.9 Å². The molecule has 7 heteroatoms. The molecule has 0 aromatic carbocycles. The van der Waals surface area contributed by atoms with Crippen molar-refractivity contribution in [3.63, 3.8) is 0 Å². The zero-order valence-electron chi connectivity index (χ0n) is 13.9. The van der Waals surface area contributed by atoms with Gasteiger partial charge in [-0.15, -0.1) is 0 Å². The number of methoxy groups -OCH3 is 1. The first kappa shape index (κ1) is 17.3. The Bertz CT molecular complexity index is 533. The maximum atomic E-state index is 12.3. The van der Waals surface area contributed by atoms with Gasteiger partial charge in [0.2, 0.25) is 0 Å². The molecule has 0 bridgehead atoms. The highest BCUT2D eigenvalue weighted by atomic mass is 32.2. The van der Waals surface area contributed by atoms with Crippen molar-refractivity contribution in [1.82, 2.24) is 9.55 Å². The highest BCUT2D eigenvalue weighted by molar-refractivity contribution is 8.17. The fraction of sp³-hybridized carbons (Fsp3) is 0.733. The highest BCUT2D eigenvalue weighted by Crippen LogP contribution is 2.38. The summed E-state index contributed by atoms with van der Waals surface area (Å²) < 4.78 is 12.7. The monoisotopic (exact) mass is 329 g/mol. The van der Waals surface area contributed by atoms with Crippen molar-refractivity contribution >= 4 is 16.7 Å². The predicted octanol–water partition coefficient (Wildman–Crippen LogP) is 1.61. The summed E-state index contributed by atoms with van der Waals surface area (Å²) in [6, 6.07) is 1.90. The van der Waals surface area contributed by atoms with E-state index in [1.54, 1.807) is 11.7 Å². The number of thiol groups is 1. The van der Waals surface area contributed by atoms with Gasteiger partial charge in [0.1, 0.15) is 12.0 Å². The topological polar surface area (TPSA) is 56.6 Å². The Morgan fingerprint density at radius 3 is 2.86 bits per heavy atom. The van der Waals surface area contributed by atoms with Crippen molar-refractivity contribution in [2.24, 2.45) is 0 Å². The lowest BCUT2D eigenvalue weighted by atomic mass is 10.4. The van der Waals surface area contributed by atoms with Gasteiger partial charge in [0.05, 0.1) is 12.0 Å². The molecule has 126 valence electrons. The Hall–Kier alpha value is -1.05. The second kappa shape index (κ2) is 7.99. The van der Waals surface area contributed by atoms with Crippen molar-refractivity contribution in [1.29, 1.82) is 0 Å². The van der Waals surface area contributed by atoms with Crippen LogP contribution in [-0.4, -0.2) is 53.3 Å². The zero-order chi connectivity index (χ0) is 16.1. The highest BCUT2D eigenvalue weighted by Gasteiger charge is 2.26. The van der Waals surface area contributed by atoms with E-state index in [1.165, 1.54) is 0 Å². The smallest absolute Gasteiger partial charge is 0.351 e. The normalized spacial score (nSPS) is 24.4. The second-order valence-corrected chi connectivity index (χ2v) is 7.81. The molecular formula is C15H27N3O3S. The third kappa shape index (κ3) is 4.02. The lowest BCUT2D eigenvalue weighted by molar-refractivity contribution is 0.0637. The molecule has 0 N–H and O–H groups in total. The molecular weight excluding hydrogens is 302 g/mol. The van der Waals surface area contributed by atoms with Gasteiger partial charge in [0, 0.05) is 37.9 Å². The van der Waals surface area contributed by atoms with Gasteiger partial charge in [-0.25, -0.2) is 15.7 Å². The van der Waals surface area contributed by atoms with Gasteiger partial charge in [0.15, 0.2) is 0 Å². The lowest BCUT2D eigenvalue weighted by Gasteiger charge is -2.21. The van der Waals surface area contributed by atoms with E-state index in [0.717, 1.165) is 36.4 Å². The predicted molar refractivity (Wildman–Crippen MR) is 92.2 cm³/mol. The summed E-state index contributed by atoms with van der Waals surface area (Å²) in [5, 5.41) is 0. The van der Waals surface area contributed by atoms with E-state index in [1.807, 2.05) is 12.3 Å². The van der Waals surface area contributed by atoms with Crippen LogP contribution in [0.25, 0.3) is 0 Å². The molecule has 6 nitrogen and oxygen atoms in total. The summed E-state index contributed by atoms with van der Waals surface area (Å²) in [6.45, 7) is 7.87. The van der Waals surface area contributed by atoms with Crippen LogP contribution in [0.1, 0.15) is 27.0 Å². The molecule has 0 spiro atoms. The fourth-order valence-electron chi connectivity index (χ4n) is 2.60. The minimum Gasteiger partial charge on any atom is -0.381 e. The van der Waals surface area contributed by atoms with E-state index in [2.05, 4.69) is 30.7 Å². The minimum atomic E-state index is -0.237. The molecule has 1 aliphatic heterocycles. The number of hydrogen-bond donors (Lipinski definition) is 1. The Morgan fingerprint density at radius 2 is 2.27 bits per heavy atom. The summed E-state index contributed by atoms with van der Waals surface area (Å²) in [5.74, 6) is 3.38. The van der Waals surface area contributed by atoms with Crippen molar-refractivity contribution in [3.05, 3.63) is 22.7 Å². The van der Waals surface area contributed by atoms with Gasteiger partial charge in [-0.3, -0.25) is 4.57 Å². The van der Waals surface area contributed by atoms with Crippen LogP contribution in [0.5, 0.6) is 0 Å². The van der Waals surface area contributed by atoms with Gasteiger partial charge in [-0.2, -0.15) is 4.98 Å². The van der Waals surface area contributed by atoms with Gasteiger partial charge < -0.3 is 14.4 Å². The number of hydrogen-bond acceptors (Lipinski definition) is 5. The summed E-state index contributed by atoms with van der Waals surface area (Å²) in [5.41, 5.74) is -0.231. The van der Waals surface area contributed by atoms with Crippen molar-refractivity contribution in [2.75, 3.05) is 42.5 Å². The van der Waals surface area contributed by atoms with Crippen molar-refractivity contribution in [3.8, 4) is 0 Å². The third-order valence-corrected chi connectivity index (χ3v) is 6.37. The van der Waals surface area contributed by atoms with Gasteiger partial charge in [0.25, 0.3) is 0 Å². The molecule has 1 fully saturated rings. The Kier molecular flexibility index (Phi) is 6.28. The van der Waals surface area contributed by atoms with Gasteiger partial charge in [-0.1, -0.05) is 0 Å². The van der Waals surface area contributed by atoms with Gasteiger partial charge >= 0.3 is 5.69 Å². The Morgan fingerprint density at radius 1 is 1.55 bits per heavy atom. The van der Waals surface area contributed by atoms with Crippen LogP contribution in [-0.2, 0) is 9.47 Å². The van der Waals surface area contributed by atoms with E-state index in [4.69, 9.17) is 9.47 Å². The minimum absolute atomic E-state index is 0.180. The third-order valence-electron chi connectivity index (χ3n) is 3.99. The number of ether oxygens (including phenoxy) is 2. The number of aromatic nitrogens is 2. The van der Waals surface area contributed by atoms with Crippen LogP contribution in [0.4, 0.5) is 5.82 Å². The van der Waals surface area contributed by atoms with Crippen molar-refractivity contribution in [2.45, 2.75) is 33.1 Å². The van der Waals surface area contributed by atoms with Crippen LogP contribution < -0.4 is 10.6 Å². The molecule has 1 aromatic rings. The maximum Gasteiger partial charge on any atom is 0.351 e. The second-order valence-electron chi connectivity index (χ2n) is 5.48. The standard InChI is InChI=1S/C15H27N3O3S/c1-5-17(6-2)13-7-8-18(15(19)16-13)14-10-22(11-21-14)9-12(3)20-4/h7-8,12,14,22H,5-6,9-11H2,1-4H3/t12?,14-/m0/s1. The van der Waals surface area contributed by atoms with E-state index in [-0.39, 0.29) is 28.9 Å². The fourth-order valence-corrected chi connectivity index (χ4v) is 4.94. The summed E-state index contributed by atoms with van der Waals surface area (Å²) >= 11 is 0. The van der Waals surface area contributed by atoms with Crippen LogP contribution in [0.3, 0.4) is 0 Å². The van der Waals surface area contributed by atoms with Crippen LogP contribution in [0.2, 0.25) is 0 Å². The average molecular weight is 329 g/mol. The van der Waals surface area contributed by atoms with Crippen molar-refractivity contribution < 1.29 is 9.47 Å². The van der Waals surface area contributed by atoms with Gasteiger partial charge in [-0.05, 0) is 26.8 Å². The molecule has 2 heterocycles. The van der Waals surface area contributed by atoms with E-state index in [9.17, 15) is 4.79 Å². The number of nitrogens with zero attached hydrogens (tertiary/aromatic N) is 3. The van der Waals surface area contributed by atoms with Crippen LogP contribution in [0, 0.1) is 0 Å². The lowest BCUT2D eigenvalue weighted by Crippen LogP contribution is -2.31. The molecule has 1 saturated heterocycles. The molecule has 2 rings (SSSR count). The zero-order valence-corrected chi connectivity index (χ0v) is 14.8. The van der Waals surface area contributed by atoms with E-state index >= 15 is 0 Å². The average Bonchev–Trinajstić information content (AvgIpc) is 2.96. The molecule has 0 aliphatic carbocycles. The summed E-state index contributed by atoms with van der Waals surface area (Å²) in [7, 11) is 1.49. The molecule has 0 radical (unpaired) electrons. The largest absolute Gasteiger partial charge is 0.381 e. The van der Waals surface area contributed by atoms with E-state index < -0.39 is 0 Å². The maximum absolute atomic E-state index is 12.3. The number of anilines is 1.